The van der Waals surface area contributed by atoms with E-state index >= 15 is 0 Å². The molecule has 3 heterocycles. The van der Waals surface area contributed by atoms with E-state index in [-0.39, 0.29) is 17.6 Å². The van der Waals surface area contributed by atoms with Gasteiger partial charge in [0.25, 0.3) is 5.91 Å². The fourth-order valence-corrected chi connectivity index (χ4v) is 3.37. The number of amides is 2. The van der Waals surface area contributed by atoms with Gasteiger partial charge in [0.1, 0.15) is 6.04 Å². The first-order valence-corrected chi connectivity index (χ1v) is 8.62. The predicted octanol–water partition coefficient (Wildman–Crippen LogP) is 1.18. The molecule has 130 valence electrons. The molecule has 0 spiro atoms. The zero-order valence-electron chi connectivity index (χ0n) is 13.9. The van der Waals surface area contributed by atoms with E-state index in [0.717, 1.165) is 24.2 Å². The molecule has 1 unspecified atom stereocenters. The van der Waals surface area contributed by atoms with E-state index < -0.39 is 6.04 Å². The Bertz CT molecular complexity index is 768. The van der Waals surface area contributed by atoms with Crippen LogP contribution in [-0.4, -0.2) is 42.4 Å². The van der Waals surface area contributed by atoms with E-state index in [0.29, 0.717) is 25.4 Å². The van der Waals surface area contributed by atoms with Crippen LogP contribution < -0.4 is 10.6 Å². The summed E-state index contributed by atoms with van der Waals surface area (Å²) in [6, 6.07) is 10.8. The maximum atomic E-state index is 12.8. The van der Waals surface area contributed by atoms with Gasteiger partial charge >= 0.3 is 0 Å². The monoisotopic (exact) mass is 339 g/mol. The van der Waals surface area contributed by atoms with Crippen molar-refractivity contribution in [2.24, 2.45) is 5.92 Å². The first kappa shape index (κ1) is 15.9. The summed E-state index contributed by atoms with van der Waals surface area (Å²) < 4.78 is 5.26. The molecule has 0 radical (unpaired) electrons. The minimum atomic E-state index is -0.513. The first-order chi connectivity index (χ1) is 12.2. The molecular weight excluding hydrogens is 318 g/mol. The van der Waals surface area contributed by atoms with E-state index in [1.807, 2.05) is 24.3 Å². The fourth-order valence-electron chi connectivity index (χ4n) is 3.37. The highest BCUT2D eigenvalue weighted by molar-refractivity contribution is 5.96. The van der Waals surface area contributed by atoms with E-state index in [1.54, 1.807) is 17.0 Å². The summed E-state index contributed by atoms with van der Waals surface area (Å²) in [6.45, 7) is 2.93. The Hall–Kier alpha value is -2.60. The normalized spacial score (nSPS) is 19.8. The number of furan rings is 1. The molecule has 1 saturated heterocycles. The van der Waals surface area contributed by atoms with Crippen molar-refractivity contribution in [2.45, 2.75) is 19.0 Å². The summed E-state index contributed by atoms with van der Waals surface area (Å²) in [5.41, 5.74) is 2.20. The van der Waals surface area contributed by atoms with Crippen molar-refractivity contribution in [3.63, 3.8) is 0 Å². The van der Waals surface area contributed by atoms with Crippen molar-refractivity contribution in [3.05, 3.63) is 59.5 Å². The van der Waals surface area contributed by atoms with Gasteiger partial charge in [-0.2, -0.15) is 0 Å². The summed E-state index contributed by atoms with van der Waals surface area (Å²) in [7, 11) is 0. The topological polar surface area (TPSA) is 74.6 Å². The highest BCUT2D eigenvalue weighted by Gasteiger charge is 2.36. The zero-order valence-corrected chi connectivity index (χ0v) is 13.9. The zero-order chi connectivity index (χ0) is 17.2. The lowest BCUT2D eigenvalue weighted by atomic mass is 9.93. The Labute approximate surface area is 146 Å². The van der Waals surface area contributed by atoms with E-state index in [2.05, 4.69) is 10.6 Å². The van der Waals surface area contributed by atoms with Crippen LogP contribution in [-0.2, 0) is 17.8 Å². The lowest BCUT2D eigenvalue weighted by molar-refractivity contribution is -0.126. The Balaban J connectivity index is 1.56. The van der Waals surface area contributed by atoms with Gasteiger partial charge in [-0.1, -0.05) is 24.3 Å². The summed E-state index contributed by atoms with van der Waals surface area (Å²) >= 11 is 0. The number of rotatable bonds is 4. The van der Waals surface area contributed by atoms with E-state index in [9.17, 15) is 9.59 Å². The molecular formula is C19H21N3O3. The van der Waals surface area contributed by atoms with Crippen LogP contribution in [0.1, 0.15) is 21.7 Å². The van der Waals surface area contributed by atoms with Gasteiger partial charge in [-0.05, 0) is 23.3 Å². The second-order valence-corrected chi connectivity index (χ2v) is 6.67. The van der Waals surface area contributed by atoms with Gasteiger partial charge in [0.2, 0.25) is 5.91 Å². The van der Waals surface area contributed by atoms with Crippen molar-refractivity contribution in [1.29, 1.82) is 0 Å². The van der Waals surface area contributed by atoms with Crippen molar-refractivity contribution in [2.75, 3.05) is 19.6 Å². The van der Waals surface area contributed by atoms with Gasteiger partial charge in [-0.3, -0.25) is 9.59 Å². The molecule has 2 aliphatic rings. The first-order valence-electron chi connectivity index (χ1n) is 8.62. The van der Waals surface area contributed by atoms with Crippen LogP contribution in [0.5, 0.6) is 0 Å². The average Bonchev–Trinajstić information content (AvgIpc) is 3.13. The summed E-state index contributed by atoms with van der Waals surface area (Å²) in [5.74, 6) is 0.403. The molecule has 1 fully saturated rings. The lowest BCUT2D eigenvalue weighted by Crippen LogP contribution is -2.55. The maximum Gasteiger partial charge on any atom is 0.290 e. The fraction of sp³-hybridized carbons (Fsp3) is 0.368. The number of nitrogens with zero attached hydrogens (tertiary/aromatic N) is 1. The van der Waals surface area contributed by atoms with Crippen molar-refractivity contribution in [3.8, 4) is 0 Å². The number of benzene rings is 1. The molecule has 4 rings (SSSR count). The van der Waals surface area contributed by atoms with Crippen LogP contribution in [0.15, 0.2) is 47.1 Å². The van der Waals surface area contributed by atoms with Crippen molar-refractivity contribution < 1.29 is 14.0 Å². The van der Waals surface area contributed by atoms with Crippen LogP contribution in [0, 0.1) is 5.92 Å². The molecule has 2 N–H and O–H groups in total. The third-order valence-corrected chi connectivity index (χ3v) is 4.98. The molecule has 2 amide bonds. The summed E-state index contributed by atoms with van der Waals surface area (Å²) in [5, 5.41) is 6.21. The number of carbonyl (C=O) groups is 2. The van der Waals surface area contributed by atoms with Crippen molar-refractivity contribution in [1.82, 2.24) is 15.5 Å². The lowest BCUT2D eigenvalue weighted by Gasteiger charge is -2.36. The minimum Gasteiger partial charge on any atom is -0.459 e. The molecule has 0 bridgehead atoms. The standard InChI is InChI=1S/C19H21N3O3/c23-18(21-11-13-9-20-10-13)16-8-14-4-1-2-5-15(14)12-22(16)19(24)17-6-3-7-25-17/h1-7,13,16,20H,8-12H2,(H,21,23). The minimum absolute atomic E-state index is 0.0960. The molecule has 2 aromatic rings. The molecule has 6 heteroatoms. The van der Waals surface area contributed by atoms with Gasteiger partial charge in [0.15, 0.2) is 5.76 Å². The Morgan fingerprint density at radius 1 is 1.16 bits per heavy atom. The molecule has 0 saturated carbocycles. The van der Waals surface area contributed by atoms with E-state index in [1.165, 1.54) is 6.26 Å². The van der Waals surface area contributed by atoms with Crippen LogP contribution in [0.4, 0.5) is 0 Å². The Morgan fingerprint density at radius 3 is 2.64 bits per heavy atom. The third kappa shape index (κ3) is 3.17. The largest absolute Gasteiger partial charge is 0.459 e. The number of carbonyl (C=O) groups excluding carboxylic acids is 2. The van der Waals surface area contributed by atoms with E-state index in [4.69, 9.17) is 4.42 Å². The molecule has 1 aromatic carbocycles. The smallest absolute Gasteiger partial charge is 0.290 e. The predicted molar refractivity (Wildman–Crippen MR) is 91.9 cm³/mol. The number of hydrogen-bond acceptors (Lipinski definition) is 4. The Kier molecular flexibility index (Phi) is 4.28. The number of nitrogens with one attached hydrogen (secondary N) is 2. The van der Waals surface area contributed by atoms with Crippen LogP contribution in [0.2, 0.25) is 0 Å². The molecule has 1 aromatic heterocycles. The summed E-state index contributed by atoms with van der Waals surface area (Å²) in [4.78, 5) is 27.2. The van der Waals surface area contributed by atoms with Crippen LogP contribution in [0.3, 0.4) is 0 Å². The maximum absolute atomic E-state index is 12.8. The van der Waals surface area contributed by atoms with Gasteiger partial charge in [0, 0.05) is 38.5 Å². The highest BCUT2D eigenvalue weighted by Crippen LogP contribution is 2.25. The Morgan fingerprint density at radius 2 is 1.96 bits per heavy atom. The molecule has 0 aliphatic carbocycles. The third-order valence-electron chi connectivity index (χ3n) is 4.98. The highest BCUT2D eigenvalue weighted by atomic mass is 16.3. The summed E-state index contributed by atoms with van der Waals surface area (Å²) in [6.07, 6.45) is 2.00. The van der Waals surface area contributed by atoms with Crippen LogP contribution in [0.25, 0.3) is 0 Å². The molecule has 2 aliphatic heterocycles. The quantitative estimate of drug-likeness (QED) is 0.877. The second-order valence-electron chi connectivity index (χ2n) is 6.67. The molecule has 6 nitrogen and oxygen atoms in total. The second kappa shape index (κ2) is 6.72. The van der Waals surface area contributed by atoms with Gasteiger partial charge in [-0.25, -0.2) is 0 Å². The number of hydrogen-bond donors (Lipinski definition) is 2. The number of fused-ring (bicyclic) bond motifs is 1. The van der Waals surface area contributed by atoms with Crippen LogP contribution >= 0.6 is 0 Å². The molecule has 25 heavy (non-hydrogen) atoms. The SMILES string of the molecule is O=C(NCC1CNC1)C1Cc2ccccc2CN1C(=O)c1ccco1. The average molecular weight is 339 g/mol. The van der Waals surface area contributed by atoms with Gasteiger partial charge < -0.3 is 20.0 Å². The molecule has 1 atom stereocenters. The van der Waals surface area contributed by atoms with Gasteiger partial charge in [-0.15, -0.1) is 0 Å². The van der Waals surface area contributed by atoms with Crippen molar-refractivity contribution >= 4 is 11.8 Å². The van der Waals surface area contributed by atoms with Gasteiger partial charge in [0.05, 0.1) is 6.26 Å².